The van der Waals surface area contributed by atoms with E-state index in [9.17, 15) is 22.8 Å². The number of carboxylic acids is 1. The monoisotopic (exact) mass is 334 g/mol. The maximum absolute atomic E-state index is 12.0. The molecule has 0 saturated carbocycles. The molecule has 1 aromatic carbocycles. The van der Waals surface area contributed by atoms with Gasteiger partial charge in [0.1, 0.15) is 5.75 Å². The van der Waals surface area contributed by atoms with E-state index >= 15 is 0 Å². The number of halogens is 3. The Balaban J connectivity index is 2.40. The molecule has 1 rings (SSSR count). The molecular weight excluding hydrogens is 317 g/mol. The highest BCUT2D eigenvalue weighted by molar-refractivity contribution is 5.75. The second-order valence-corrected chi connectivity index (χ2v) is 4.77. The van der Waals surface area contributed by atoms with Crippen LogP contribution in [-0.2, 0) is 11.3 Å². The van der Waals surface area contributed by atoms with Gasteiger partial charge in [-0.25, -0.2) is 4.79 Å². The Kier molecular flexibility index (Phi) is 6.67. The second-order valence-electron chi connectivity index (χ2n) is 4.77. The van der Waals surface area contributed by atoms with Gasteiger partial charge in [-0.1, -0.05) is 12.1 Å². The van der Waals surface area contributed by atoms with E-state index in [1.807, 2.05) is 0 Å². The third-order valence-corrected chi connectivity index (χ3v) is 2.78. The molecule has 6 nitrogen and oxygen atoms in total. The molecule has 0 saturated heterocycles. The number of carbonyl (C=O) groups excluding carboxylic acids is 1. The van der Waals surface area contributed by atoms with Crippen molar-refractivity contribution in [2.45, 2.75) is 19.1 Å². The van der Waals surface area contributed by atoms with Crippen LogP contribution in [0.3, 0.4) is 0 Å². The fraction of sp³-hybridized carbons (Fsp3) is 0.429. The largest absolute Gasteiger partial charge is 0.484 e. The van der Waals surface area contributed by atoms with Gasteiger partial charge in [0.2, 0.25) is 0 Å². The zero-order chi connectivity index (χ0) is 17.5. The van der Waals surface area contributed by atoms with Gasteiger partial charge in [-0.3, -0.25) is 4.79 Å². The van der Waals surface area contributed by atoms with Crippen molar-refractivity contribution < 1.29 is 32.6 Å². The summed E-state index contributed by atoms with van der Waals surface area (Å²) in [6.07, 6.45) is -4.55. The van der Waals surface area contributed by atoms with Gasteiger partial charge >= 0.3 is 18.2 Å². The van der Waals surface area contributed by atoms with Gasteiger partial charge in [-0.15, -0.1) is 0 Å². The lowest BCUT2D eigenvalue weighted by atomic mass is 10.2. The number of amides is 2. The fourth-order valence-electron chi connectivity index (χ4n) is 1.55. The third-order valence-electron chi connectivity index (χ3n) is 2.78. The molecule has 2 N–H and O–H groups in total. The summed E-state index contributed by atoms with van der Waals surface area (Å²) in [5.41, 5.74) is 0.671. The quantitative estimate of drug-likeness (QED) is 0.802. The molecule has 0 bridgehead atoms. The van der Waals surface area contributed by atoms with Crippen LogP contribution < -0.4 is 10.1 Å². The van der Waals surface area contributed by atoms with Crippen LogP contribution >= 0.6 is 0 Å². The van der Waals surface area contributed by atoms with Gasteiger partial charge in [0.25, 0.3) is 0 Å². The number of rotatable bonds is 7. The predicted molar refractivity (Wildman–Crippen MR) is 75.1 cm³/mol. The summed E-state index contributed by atoms with van der Waals surface area (Å²) >= 11 is 0. The van der Waals surface area contributed by atoms with Crippen LogP contribution in [0, 0.1) is 0 Å². The topological polar surface area (TPSA) is 78.9 Å². The lowest BCUT2D eigenvalue weighted by molar-refractivity contribution is -0.153. The van der Waals surface area contributed by atoms with Crippen molar-refractivity contribution in [2.24, 2.45) is 0 Å². The van der Waals surface area contributed by atoms with E-state index in [1.165, 1.54) is 36.2 Å². The number of alkyl halides is 3. The molecule has 0 heterocycles. The number of hydrogen-bond donors (Lipinski definition) is 2. The number of benzene rings is 1. The highest BCUT2D eigenvalue weighted by Crippen LogP contribution is 2.18. The Hall–Kier alpha value is -2.45. The molecule has 0 aliphatic rings. The SMILES string of the molecule is CN(CCC(=O)O)C(=O)NCc1ccc(OCC(F)(F)F)cc1. The Morgan fingerprint density at radius 3 is 2.39 bits per heavy atom. The van der Waals surface area contributed by atoms with Crippen molar-refractivity contribution in [2.75, 3.05) is 20.2 Å². The van der Waals surface area contributed by atoms with E-state index in [-0.39, 0.29) is 25.3 Å². The molecule has 0 aliphatic carbocycles. The number of aliphatic carboxylic acids is 1. The van der Waals surface area contributed by atoms with E-state index in [0.29, 0.717) is 5.56 Å². The summed E-state index contributed by atoms with van der Waals surface area (Å²) in [5, 5.41) is 11.1. The summed E-state index contributed by atoms with van der Waals surface area (Å²) in [5.74, 6) is -0.921. The molecule has 0 atom stereocenters. The number of carboxylic acid groups (broad SMARTS) is 1. The van der Waals surface area contributed by atoms with Crippen molar-refractivity contribution in [3.63, 3.8) is 0 Å². The van der Waals surface area contributed by atoms with Gasteiger partial charge in [0.05, 0.1) is 6.42 Å². The minimum Gasteiger partial charge on any atom is -0.484 e. The zero-order valence-electron chi connectivity index (χ0n) is 12.4. The summed E-state index contributed by atoms with van der Waals surface area (Å²) in [6, 6.07) is 5.37. The van der Waals surface area contributed by atoms with Crippen LogP contribution in [0.25, 0.3) is 0 Å². The number of ether oxygens (including phenoxy) is 1. The van der Waals surface area contributed by atoms with Crippen LogP contribution in [0.1, 0.15) is 12.0 Å². The summed E-state index contributed by atoms with van der Waals surface area (Å²) in [6.45, 7) is -1.13. The molecule has 0 aromatic heterocycles. The first kappa shape index (κ1) is 18.6. The first-order chi connectivity index (χ1) is 10.7. The van der Waals surface area contributed by atoms with E-state index in [0.717, 1.165) is 0 Å². The molecule has 0 radical (unpaired) electrons. The van der Waals surface area contributed by atoms with Gasteiger partial charge in [-0.05, 0) is 17.7 Å². The van der Waals surface area contributed by atoms with Crippen molar-refractivity contribution in [3.05, 3.63) is 29.8 Å². The van der Waals surface area contributed by atoms with E-state index in [1.54, 1.807) is 0 Å². The van der Waals surface area contributed by atoms with Crippen molar-refractivity contribution in [1.82, 2.24) is 10.2 Å². The van der Waals surface area contributed by atoms with E-state index in [2.05, 4.69) is 10.1 Å². The minimum absolute atomic E-state index is 0.0748. The molecule has 23 heavy (non-hydrogen) atoms. The van der Waals surface area contributed by atoms with Crippen LogP contribution in [0.4, 0.5) is 18.0 Å². The van der Waals surface area contributed by atoms with E-state index in [4.69, 9.17) is 5.11 Å². The lowest BCUT2D eigenvalue weighted by Crippen LogP contribution is -2.37. The van der Waals surface area contributed by atoms with Gasteiger partial charge in [-0.2, -0.15) is 13.2 Å². The molecule has 2 amide bonds. The number of nitrogens with zero attached hydrogens (tertiary/aromatic N) is 1. The van der Waals surface area contributed by atoms with Crippen LogP contribution in [-0.4, -0.2) is 48.4 Å². The second kappa shape index (κ2) is 8.25. The summed E-state index contributed by atoms with van der Waals surface area (Å²) in [4.78, 5) is 23.3. The normalized spacial score (nSPS) is 11.0. The molecule has 0 unspecified atom stereocenters. The fourth-order valence-corrected chi connectivity index (χ4v) is 1.55. The Morgan fingerprint density at radius 2 is 1.87 bits per heavy atom. The Labute approximate surface area is 130 Å². The van der Waals surface area contributed by atoms with Crippen LogP contribution in [0.5, 0.6) is 5.75 Å². The summed E-state index contributed by atoms with van der Waals surface area (Å²) in [7, 11) is 1.46. The maximum Gasteiger partial charge on any atom is 0.422 e. The van der Waals surface area contributed by atoms with Crippen molar-refractivity contribution in [3.8, 4) is 5.75 Å². The first-order valence-corrected chi connectivity index (χ1v) is 6.66. The summed E-state index contributed by atoms with van der Waals surface area (Å²) < 4.78 is 40.6. The number of carbonyl (C=O) groups is 2. The molecule has 128 valence electrons. The smallest absolute Gasteiger partial charge is 0.422 e. The number of urea groups is 1. The van der Waals surface area contributed by atoms with Gasteiger partial charge in [0, 0.05) is 20.1 Å². The highest BCUT2D eigenvalue weighted by atomic mass is 19.4. The standard InChI is InChI=1S/C14H17F3N2O4/c1-19(7-6-12(20)21)13(22)18-8-10-2-4-11(5-3-10)23-9-14(15,16)17/h2-5H,6-9H2,1H3,(H,18,22)(H,20,21). The number of hydrogen-bond acceptors (Lipinski definition) is 3. The molecule has 0 fully saturated rings. The third kappa shape index (κ3) is 7.93. The minimum atomic E-state index is -4.40. The molecule has 9 heteroatoms. The average molecular weight is 334 g/mol. The van der Waals surface area contributed by atoms with Gasteiger partial charge < -0.3 is 20.1 Å². The van der Waals surface area contributed by atoms with Crippen LogP contribution in [0.15, 0.2) is 24.3 Å². The highest BCUT2D eigenvalue weighted by Gasteiger charge is 2.28. The Morgan fingerprint density at radius 1 is 1.26 bits per heavy atom. The molecule has 0 aliphatic heterocycles. The zero-order valence-corrected chi connectivity index (χ0v) is 12.4. The number of nitrogens with one attached hydrogen (secondary N) is 1. The maximum atomic E-state index is 12.0. The molecule has 0 spiro atoms. The Bertz CT molecular complexity index is 532. The average Bonchev–Trinajstić information content (AvgIpc) is 2.48. The lowest BCUT2D eigenvalue weighted by Gasteiger charge is -2.17. The van der Waals surface area contributed by atoms with E-state index < -0.39 is 24.8 Å². The van der Waals surface area contributed by atoms with Crippen molar-refractivity contribution >= 4 is 12.0 Å². The van der Waals surface area contributed by atoms with Crippen molar-refractivity contribution in [1.29, 1.82) is 0 Å². The molecular formula is C14H17F3N2O4. The van der Waals surface area contributed by atoms with Gasteiger partial charge in [0.15, 0.2) is 6.61 Å². The molecule has 1 aromatic rings. The predicted octanol–water partition coefficient (Wildman–Crippen LogP) is 2.24. The first-order valence-electron chi connectivity index (χ1n) is 6.66. The van der Waals surface area contributed by atoms with Crippen LogP contribution in [0.2, 0.25) is 0 Å².